The van der Waals surface area contributed by atoms with E-state index < -0.39 is 0 Å². The first-order valence-electron chi connectivity index (χ1n) is 6.81. The number of halogens is 1. The number of carbonyl (C=O) groups excluding carboxylic acids is 1. The molecule has 21 heavy (non-hydrogen) atoms. The lowest BCUT2D eigenvalue weighted by Gasteiger charge is -2.26. The molecule has 0 fully saturated rings. The number of ether oxygens (including phenoxy) is 1. The molecule has 0 aliphatic carbocycles. The van der Waals surface area contributed by atoms with E-state index in [0.717, 1.165) is 21.2 Å². The monoisotopic (exact) mass is 351 g/mol. The van der Waals surface area contributed by atoms with Crippen LogP contribution in [-0.4, -0.2) is 35.6 Å². The largest absolute Gasteiger partial charge is 0.466 e. The first-order chi connectivity index (χ1) is 10.0. The van der Waals surface area contributed by atoms with Gasteiger partial charge < -0.3 is 9.64 Å². The molecule has 6 heteroatoms. The minimum atomic E-state index is -0.198. The summed E-state index contributed by atoms with van der Waals surface area (Å²) in [5.41, 5.74) is 0.874. The van der Waals surface area contributed by atoms with Gasteiger partial charge in [0, 0.05) is 22.9 Å². The second-order valence-electron chi connectivity index (χ2n) is 4.83. The molecule has 1 unspecified atom stereocenters. The van der Waals surface area contributed by atoms with Crippen molar-refractivity contribution < 1.29 is 9.53 Å². The molecule has 0 aliphatic heterocycles. The molecule has 0 bridgehead atoms. The Labute approximate surface area is 132 Å². The van der Waals surface area contributed by atoms with Gasteiger partial charge in [-0.2, -0.15) is 0 Å². The second kappa shape index (κ2) is 6.85. The highest BCUT2D eigenvalue weighted by molar-refractivity contribution is 9.10. The summed E-state index contributed by atoms with van der Waals surface area (Å²) in [6.07, 6.45) is 1.86. The predicted molar refractivity (Wildman–Crippen MR) is 86.4 cm³/mol. The number of carbonyl (C=O) groups is 1. The number of benzene rings is 1. The third kappa shape index (κ3) is 3.69. The van der Waals surface area contributed by atoms with Crippen LogP contribution in [0.5, 0.6) is 0 Å². The predicted octanol–water partition coefficient (Wildman–Crippen LogP) is 3.17. The highest BCUT2D eigenvalue weighted by atomic mass is 79.9. The minimum absolute atomic E-state index is 0.0128. The third-order valence-corrected chi connectivity index (χ3v) is 3.83. The van der Waals surface area contributed by atoms with Crippen molar-refractivity contribution in [3.8, 4) is 0 Å². The standard InChI is InChI=1S/C15H18BrN3O2/c1-4-21-14(20)7-10(2)19(3)15-12-8-11(16)5-6-13(12)17-9-18-15/h5-6,8-10H,4,7H2,1-3H3. The van der Waals surface area contributed by atoms with E-state index in [1.54, 1.807) is 6.33 Å². The van der Waals surface area contributed by atoms with Crippen LogP contribution in [-0.2, 0) is 9.53 Å². The topological polar surface area (TPSA) is 55.3 Å². The number of hydrogen-bond acceptors (Lipinski definition) is 5. The lowest BCUT2D eigenvalue weighted by Crippen LogP contribution is -2.32. The summed E-state index contributed by atoms with van der Waals surface area (Å²) in [7, 11) is 1.92. The summed E-state index contributed by atoms with van der Waals surface area (Å²) in [6.45, 7) is 4.18. The quantitative estimate of drug-likeness (QED) is 0.774. The molecule has 0 radical (unpaired) electrons. The van der Waals surface area contributed by atoms with Crippen molar-refractivity contribution in [2.24, 2.45) is 0 Å². The number of fused-ring (bicyclic) bond motifs is 1. The number of esters is 1. The molecule has 2 aromatic rings. The SMILES string of the molecule is CCOC(=O)CC(C)N(C)c1ncnc2ccc(Br)cc12. The molecule has 0 saturated carbocycles. The summed E-state index contributed by atoms with van der Waals surface area (Å²) in [4.78, 5) is 22.2. The molecule has 0 aliphatic rings. The van der Waals surface area contributed by atoms with E-state index >= 15 is 0 Å². The molecule has 0 amide bonds. The first kappa shape index (κ1) is 15.7. The summed E-state index contributed by atoms with van der Waals surface area (Å²) in [6, 6.07) is 5.86. The van der Waals surface area contributed by atoms with Crippen LogP contribution in [0.15, 0.2) is 29.0 Å². The first-order valence-corrected chi connectivity index (χ1v) is 7.61. The van der Waals surface area contributed by atoms with Gasteiger partial charge >= 0.3 is 5.97 Å². The molecule has 112 valence electrons. The van der Waals surface area contributed by atoms with Gasteiger partial charge in [0.15, 0.2) is 0 Å². The van der Waals surface area contributed by atoms with E-state index in [2.05, 4.69) is 25.9 Å². The van der Waals surface area contributed by atoms with Gasteiger partial charge in [-0.3, -0.25) is 4.79 Å². The van der Waals surface area contributed by atoms with Gasteiger partial charge in [-0.15, -0.1) is 0 Å². The van der Waals surface area contributed by atoms with E-state index in [9.17, 15) is 4.79 Å². The Hall–Kier alpha value is -1.69. The minimum Gasteiger partial charge on any atom is -0.466 e. The normalized spacial score (nSPS) is 12.2. The maximum absolute atomic E-state index is 11.6. The van der Waals surface area contributed by atoms with Crippen molar-refractivity contribution in [2.75, 3.05) is 18.6 Å². The van der Waals surface area contributed by atoms with Crippen LogP contribution in [0, 0.1) is 0 Å². The molecular formula is C15H18BrN3O2. The fraction of sp³-hybridized carbons (Fsp3) is 0.400. The molecule has 0 N–H and O–H groups in total. The van der Waals surface area contributed by atoms with E-state index in [-0.39, 0.29) is 12.0 Å². The maximum Gasteiger partial charge on any atom is 0.307 e. The average Bonchev–Trinajstić information content (AvgIpc) is 2.46. The van der Waals surface area contributed by atoms with Crippen LogP contribution in [0.1, 0.15) is 20.3 Å². The molecule has 1 aromatic carbocycles. The van der Waals surface area contributed by atoms with Crippen molar-refractivity contribution in [1.29, 1.82) is 0 Å². The van der Waals surface area contributed by atoms with Gasteiger partial charge in [-0.25, -0.2) is 9.97 Å². The molecule has 5 nitrogen and oxygen atoms in total. The van der Waals surface area contributed by atoms with Crippen molar-refractivity contribution in [3.05, 3.63) is 29.0 Å². The molecule has 1 heterocycles. The fourth-order valence-electron chi connectivity index (χ4n) is 2.10. The van der Waals surface area contributed by atoms with Crippen LogP contribution >= 0.6 is 15.9 Å². The Bertz CT molecular complexity index is 648. The van der Waals surface area contributed by atoms with E-state index in [1.165, 1.54) is 0 Å². The molecule has 1 atom stereocenters. The van der Waals surface area contributed by atoms with Crippen molar-refractivity contribution in [1.82, 2.24) is 9.97 Å². The van der Waals surface area contributed by atoms with Gasteiger partial charge in [0.2, 0.25) is 0 Å². The number of aromatic nitrogens is 2. The molecule has 0 spiro atoms. The van der Waals surface area contributed by atoms with Gasteiger partial charge in [-0.05, 0) is 32.0 Å². The highest BCUT2D eigenvalue weighted by Gasteiger charge is 2.18. The molecule has 2 rings (SSSR count). The summed E-state index contributed by atoms with van der Waals surface area (Å²) in [5.74, 6) is 0.606. The number of hydrogen-bond donors (Lipinski definition) is 0. The van der Waals surface area contributed by atoms with Gasteiger partial charge in [0.05, 0.1) is 18.5 Å². The Kier molecular flexibility index (Phi) is 5.12. The van der Waals surface area contributed by atoms with E-state index in [4.69, 9.17) is 4.74 Å². The highest BCUT2D eigenvalue weighted by Crippen LogP contribution is 2.26. The Morgan fingerprint density at radius 3 is 2.90 bits per heavy atom. The van der Waals surface area contributed by atoms with Gasteiger partial charge in [-0.1, -0.05) is 15.9 Å². The Morgan fingerprint density at radius 1 is 1.43 bits per heavy atom. The average molecular weight is 352 g/mol. The molecular weight excluding hydrogens is 334 g/mol. The van der Waals surface area contributed by atoms with Crippen molar-refractivity contribution in [3.63, 3.8) is 0 Å². The number of nitrogens with zero attached hydrogens (tertiary/aromatic N) is 3. The number of rotatable bonds is 5. The van der Waals surface area contributed by atoms with Crippen LogP contribution in [0.2, 0.25) is 0 Å². The van der Waals surface area contributed by atoms with E-state index in [1.807, 2.05) is 44.0 Å². The van der Waals surface area contributed by atoms with Gasteiger partial charge in [0.25, 0.3) is 0 Å². The maximum atomic E-state index is 11.6. The van der Waals surface area contributed by atoms with Crippen molar-refractivity contribution >= 4 is 38.6 Å². The second-order valence-corrected chi connectivity index (χ2v) is 5.74. The lowest BCUT2D eigenvalue weighted by atomic mass is 10.1. The van der Waals surface area contributed by atoms with E-state index in [0.29, 0.717) is 13.0 Å². The molecule has 0 saturated heterocycles. The zero-order valence-corrected chi connectivity index (χ0v) is 13.9. The van der Waals surface area contributed by atoms with Crippen LogP contribution in [0.3, 0.4) is 0 Å². The lowest BCUT2D eigenvalue weighted by molar-refractivity contribution is -0.143. The van der Waals surface area contributed by atoms with Crippen molar-refractivity contribution in [2.45, 2.75) is 26.3 Å². The summed E-state index contributed by atoms with van der Waals surface area (Å²) < 4.78 is 5.97. The zero-order chi connectivity index (χ0) is 15.4. The zero-order valence-electron chi connectivity index (χ0n) is 12.3. The Morgan fingerprint density at radius 2 is 2.19 bits per heavy atom. The van der Waals surface area contributed by atoms with Crippen LogP contribution in [0.4, 0.5) is 5.82 Å². The van der Waals surface area contributed by atoms with Crippen LogP contribution < -0.4 is 4.90 Å². The fourth-order valence-corrected chi connectivity index (χ4v) is 2.46. The number of anilines is 1. The smallest absolute Gasteiger partial charge is 0.307 e. The summed E-state index contributed by atoms with van der Waals surface area (Å²) >= 11 is 3.47. The summed E-state index contributed by atoms with van der Waals surface area (Å²) in [5, 5.41) is 0.949. The Balaban J connectivity index is 2.28. The van der Waals surface area contributed by atoms with Gasteiger partial charge in [0.1, 0.15) is 12.1 Å². The third-order valence-electron chi connectivity index (χ3n) is 3.34. The van der Waals surface area contributed by atoms with Crippen LogP contribution in [0.25, 0.3) is 10.9 Å². The molecule has 1 aromatic heterocycles.